The summed E-state index contributed by atoms with van der Waals surface area (Å²) in [6.45, 7) is 1.77. The smallest absolute Gasteiger partial charge is 0.277 e. The predicted octanol–water partition coefficient (Wildman–Crippen LogP) is 1.40. The molecular weight excluding hydrogens is 200 g/mol. The molecule has 1 rings (SSSR count). The highest BCUT2D eigenvalue weighted by Gasteiger charge is 2.13. The fraction of sp³-hybridized carbons (Fsp3) is 0.333. The fourth-order valence-corrected chi connectivity index (χ4v) is 1.77. The van der Waals surface area contributed by atoms with Gasteiger partial charge in [0.05, 0.1) is 7.11 Å². The van der Waals surface area contributed by atoms with Crippen LogP contribution in [0.4, 0.5) is 0 Å². The summed E-state index contributed by atoms with van der Waals surface area (Å²) in [4.78, 5) is 20.2. The summed E-state index contributed by atoms with van der Waals surface area (Å²) in [5.74, 6) is -0.377. The number of hydroxylamine groups is 1. The SMILES string of the molecule is CONC(=O)c1nc(Cl)sc1C. The number of amides is 1. The van der Waals surface area contributed by atoms with Crippen LogP contribution in [-0.4, -0.2) is 18.0 Å². The number of thiazole rings is 1. The molecule has 0 atom stereocenters. The number of hydrogen-bond donors (Lipinski definition) is 1. The quantitative estimate of drug-likeness (QED) is 0.745. The molecule has 1 aromatic rings. The highest BCUT2D eigenvalue weighted by atomic mass is 35.5. The molecule has 12 heavy (non-hydrogen) atoms. The van der Waals surface area contributed by atoms with E-state index < -0.39 is 0 Å². The maximum atomic E-state index is 11.1. The zero-order valence-electron chi connectivity index (χ0n) is 6.55. The molecule has 1 aromatic heterocycles. The minimum Gasteiger partial charge on any atom is -0.277 e. The molecule has 0 spiro atoms. The van der Waals surface area contributed by atoms with E-state index >= 15 is 0 Å². The number of carbonyl (C=O) groups excluding carboxylic acids is 1. The first-order valence-electron chi connectivity index (χ1n) is 3.11. The number of halogens is 1. The van der Waals surface area contributed by atoms with Gasteiger partial charge in [-0.25, -0.2) is 10.5 Å². The summed E-state index contributed by atoms with van der Waals surface area (Å²) in [5.41, 5.74) is 2.47. The standard InChI is InChI=1S/C6H7ClN2O2S/c1-3-4(5(10)9-11-2)8-6(7)12-3/h1-2H3,(H,9,10). The molecule has 0 fully saturated rings. The summed E-state index contributed by atoms with van der Waals surface area (Å²) >= 11 is 6.86. The van der Waals surface area contributed by atoms with Crippen molar-refractivity contribution in [2.24, 2.45) is 0 Å². The lowest BCUT2D eigenvalue weighted by Crippen LogP contribution is -2.22. The fourth-order valence-electron chi connectivity index (χ4n) is 0.716. The van der Waals surface area contributed by atoms with Crippen LogP contribution in [0.25, 0.3) is 0 Å². The van der Waals surface area contributed by atoms with Gasteiger partial charge in [-0.1, -0.05) is 11.6 Å². The monoisotopic (exact) mass is 206 g/mol. The number of aromatic nitrogens is 1. The van der Waals surface area contributed by atoms with E-state index in [-0.39, 0.29) is 5.91 Å². The largest absolute Gasteiger partial charge is 0.294 e. The van der Waals surface area contributed by atoms with Gasteiger partial charge in [0.25, 0.3) is 5.91 Å². The maximum Gasteiger partial charge on any atom is 0.294 e. The Morgan fingerprint density at radius 1 is 1.75 bits per heavy atom. The third kappa shape index (κ3) is 1.94. The summed E-state index contributed by atoms with van der Waals surface area (Å²) in [7, 11) is 1.36. The third-order valence-corrected chi connectivity index (χ3v) is 2.26. The Labute approximate surface area is 78.5 Å². The van der Waals surface area contributed by atoms with Gasteiger partial charge in [-0.15, -0.1) is 11.3 Å². The van der Waals surface area contributed by atoms with Gasteiger partial charge in [0.2, 0.25) is 0 Å². The Morgan fingerprint density at radius 3 is 2.83 bits per heavy atom. The molecule has 0 aromatic carbocycles. The van der Waals surface area contributed by atoms with Crippen LogP contribution in [0.3, 0.4) is 0 Å². The van der Waals surface area contributed by atoms with Crippen molar-refractivity contribution in [2.75, 3.05) is 7.11 Å². The first kappa shape index (κ1) is 9.44. The van der Waals surface area contributed by atoms with E-state index in [1.807, 2.05) is 0 Å². The maximum absolute atomic E-state index is 11.1. The van der Waals surface area contributed by atoms with E-state index in [0.717, 1.165) is 4.88 Å². The van der Waals surface area contributed by atoms with Crippen molar-refractivity contribution in [3.63, 3.8) is 0 Å². The lowest BCUT2D eigenvalue weighted by atomic mass is 10.4. The van der Waals surface area contributed by atoms with E-state index in [2.05, 4.69) is 15.3 Å². The predicted molar refractivity (Wildman–Crippen MR) is 46.3 cm³/mol. The topological polar surface area (TPSA) is 51.2 Å². The van der Waals surface area contributed by atoms with Crippen LogP contribution in [0.5, 0.6) is 0 Å². The molecule has 1 amide bonds. The zero-order valence-corrected chi connectivity index (χ0v) is 8.12. The van der Waals surface area contributed by atoms with Crippen molar-refractivity contribution in [2.45, 2.75) is 6.92 Å². The van der Waals surface area contributed by atoms with Gasteiger partial charge >= 0.3 is 0 Å². The Morgan fingerprint density at radius 2 is 2.42 bits per heavy atom. The van der Waals surface area contributed by atoms with Crippen LogP contribution >= 0.6 is 22.9 Å². The first-order chi connectivity index (χ1) is 5.65. The van der Waals surface area contributed by atoms with Crippen molar-refractivity contribution in [3.8, 4) is 0 Å². The van der Waals surface area contributed by atoms with Crippen molar-refractivity contribution in [1.82, 2.24) is 10.5 Å². The Bertz CT molecular complexity index is 300. The van der Waals surface area contributed by atoms with E-state index in [4.69, 9.17) is 11.6 Å². The third-order valence-electron chi connectivity index (χ3n) is 1.18. The van der Waals surface area contributed by atoms with Gasteiger partial charge in [-0.05, 0) is 6.92 Å². The van der Waals surface area contributed by atoms with E-state index in [0.29, 0.717) is 10.2 Å². The van der Waals surface area contributed by atoms with Crippen LogP contribution in [0.1, 0.15) is 15.4 Å². The van der Waals surface area contributed by atoms with Crippen LogP contribution < -0.4 is 5.48 Å². The van der Waals surface area contributed by atoms with Crippen LogP contribution in [0, 0.1) is 6.92 Å². The van der Waals surface area contributed by atoms with Gasteiger partial charge in [0.15, 0.2) is 4.47 Å². The van der Waals surface area contributed by atoms with E-state index in [9.17, 15) is 4.79 Å². The molecule has 0 aliphatic heterocycles. The van der Waals surface area contributed by atoms with Gasteiger partial charge in [0.1, 0.15) is 5.69 Å². The number of nitrogens with zero attached hydrogens (tertiary/aromatic N) is 1. The average Bonchev–Trinajstić information content (AvgIpc) is 2.30. The molecule has 0 aliphatic rings. The summed E-state index contributed by atoms with van der Waals surface area (Å²) < 4.78 is 0.355. The lowest BCUT2D eigenvalue weighted by molar-refractivity contribution is 0.0532. The molecule has 0 bridgehead atoms. The van der Waals surface area contributed by atoms with Crippen LogP contribution in [0.15, 0.2) is 0 Å². The van der Waals surface area contributed by atoms with Crippen molar-refractivity contribution < 1.29 is 9.63 Å². The molecule has 1 N–H and O–H groups in total. The van der Waals surface area contributed by atoms with Gasteiger partial charge in [0, 0.05) is 4.88 Å². The normalized spacial score (nSPS) is 9.92. The number of carbonyl (C=O) groups is 1. The minimum absolute atomic E-state index is 0.312. The Kier molecular flexibility index (Phi) is 3.02. The highest BCUT2D eigenvalue weighted by molar-refractivity contribution is 7.15. The molecule has 0 aliphatic carbocycles. The van der Waals surface area contributed by atoms with Crippen molar-refractivity contribution >= 4 is 28.8 Å². The Hall–Kier alpha value is -0.650. The molecule has 4 nitrogen and oxygen atoms in total. The van der Waals surface area contributed by atoms with Gasteiger partial charge in [-0.2, -0.15) is 0 Å². The summed E-state index contributed by atoms with van der Waals surface area (Å²) in [6, 6.07) is 0. The summed E-state index contributed by atoms with van der Waals surface area (Å²) in [6.07, 6.45) is 0. The van der Waals surface area contributed by atoms with E-state index in [1.165, 1.54) is 18.4 Å². The number of aryl methyl sites for hydroxylation is 1. The minimum atomic E-state index is -0.377. The van der Waals surface area contributed by atoms with Crippen molar-refractivity contribution in [1.29, 1.82) is 0 Å². The average molecular weight is 207 g/mol. The first-order valence-corrected chi connectivity index (χ1v) is 4.31. The Balaban J connectivity index is 2.87. The van der Waals surface area contributed by atoms with E-state index in [1.54, 1.807) is 6.92 Å². The second kappa shape index (κ2) is 3.84. The van der Waals surface area contributed by atoms with Crippen molar-refractivity contribution in [3.05, 3.63) is 15.0 Å². The van der Waals surface area contributed by atoms with Crippen LogP contribution in [-0.2, 0) is 4.84 Å². The van der Waals surface area contributed by atoms with Gasteiger partial charge in [-0.3, -0.25) is 9.63 Å². The molecule has 6 heteroatoms. The van der Waals surface area contributed by atoms with Crippen LogP contribution in [0.2, 0.25) is 4.47 Å². The van der Waals surface area contributed by atoms with Gasteiger partial charge < -0.3 is 0 Å². The molecule has 0 unspecified atom stereocenters. The lowest BCUT2D eigenvalue weighted by Gasteiger charge is -1.97. The molecule has 0 saturated heterocycles. The number of nitrogens with one attached hydrogen (secondary N) is 1. The second-order valence-corrected chi connectivity index (χ2v) is 3.79. The second-order valence-electron chi connectivity index (χ2n) is 2.01. The molecule has 0 radical (unpaired) electrons. The summed E-state index contributed by atoms with van der Waals surface area (Å²) in [5, 5.41) is 0. The number of rotatable bonds is 2. The zero-order chi connectivity index (χ0) is 9.14. The molecule has 66 valence electrons. The number of hydrogen-bond acceptors (Lipinski definition) is 4. The highest BCUT2D eigenvalue weighted by Crippen LogP contribution is 2.21. The molecule has 0 saturated carbocycles. The molecule has 1 heterocycles. The molecular formula is C6H7ClN2O2S.